The molecule has 0 radical (unpaired) electrons. The fraction of sp³-hybridized carbons (Fsp3) is 0.588. The van der Waals surface area contributed by atoms with E-state index in [0.29, 0.717) is 13.2 Å². The van der Waals surface area contributed by atoms with E-state index in [4.69, 9.17) is 4.74 Å². The topological polar surface area (TPSA) is 70.6 Å². The Bertz CT molecular complexity index is 530. The molecule has 5 nitrogen and oxygen atoms in total. The van der Waals surface area contributed by atoms with Gasteiger partial charge in [-0.05, 0) is 44.2 Å². The van der Waals surface area contributed by atoms with Gasteiger partial charge < -0.3 is 20.5 Å². The summed E-state index contributed by atoms with van der Waals surface area (Å²) in [6, 6.07) is 2.77. The van der Waals surface area contributed by atoms with E-state index in [2.05, 4.69) is 10.6 Å². The van der Waals surface area contributed by atoms with Gasteiger partial charge in [-0.15, -0.1) is 0 Å². The number of benzene rings is 1. The molecule has 1 saturated heterocycles. The lowest BCUT2D eigenvalue weighted by Gasteiger charge is -2.27. The number of carbonyl (C=O) groups excluding carboxylic acids is 1. The van der Waals surface area contributed by atoms with Gasteiger partial charge in [0.1, 0.15) is 11.6 Å². The average molecular weight is 342 g/mol. The predicted molar refractivity (Wildman–Crippen MR) is 85.6 cm³/mol. The minimum absolute atomic E-state index is 0.0486. The smallest absolute Gasteiger partial charge is 0.315 e. The fourth-order valence-corrected chi connectivity index (χ4v) is 2.82. The Morgan fingerprint density at radius 2 is 1.96 bits per heavy atom. The van der Waals surface area contributed by atoms with E-state index in [1.54, 1.807) is 6.92 Å². The minimum Gasteiger partial charge on any atom is -0.391 e. The van der Waals surface area contributed by atoms with Crippen molar-refractivity contribution in [3.63, 3.8) is 0 Å². The number of hydrogen-bond donors (Lipinski definition) is 3. The third-order valence-corrected chi connectivity index (χ3v) is 4.23. The standard InChI is InChI=1S/C17H24F2N2O3/c1-11(9-13-14(18)3-2-4-15(13)19)21-17(23)20-10-16(22)12-5-7-24-8-6-12/h2-4,11-12,16,22H,5-10H2,1H3,(H2,20,21,23)/t11-,16+/m0/s1. The molecule has 0 aromatic heterocycles. The lowest BCUT2D eigenvalue weighted by atomic mass is 9.94. The summed E-state index contributed by atoms with van der Waals surface area (Å²) in [6.07, 6.45) is 0.967. The van der Waals surface area contributed by atoms with Gasteiger partial charge in [0, 0.05) is 31.4 Å². The van der Waals surface area contributed by atoms with Crippen LogP contribution in [0.1, 0.15) is 25.3 Å². The van der Waals surface area contributed by atoms with Crippen molar-refractivity contribution in [3.8, 4) is 0 Å². The number of aliphatic hydroxyl groups is 1. The molecule has 0 aliphatic carbocycles. The number of urea groups is 1. The van der Waals surface area contributed by atoms with Crippen LogP contribution in [0.4, 0.5) is 13.6 Å². The zero-order chi connectivity index (χ0) is 17.5. The van der Waals surface area contributed by atoms with Crippen LogP contribution in [0, 0.1) is 17.6 Å². The van der Waals surface area contributed by atoms with Crippen LogP contribution >= 0.6 is 0 Å². The second-order valence-electron chi connectivity index (χ2n) is 6.18. The van der Waals surface area contributed by atoms with Crippen molar-refractivity contribution in [2.24, 2.45) is 5.92 Å². The van der Waals surface area contributed by atoms with Gasteiger partial charge in [0.15, 0.2) is 0 Å². The van der Waals surface area contributed by atoms with Crippen molar-refractivity contribution in [1.29, 1.82) is 0 Å². The van der Waals surface area contributed by atoms with Gasteiger partial charge in [-0.3, -0.25) is 0 Å². The Morgan fingerprint density at radius 1 is 1.33 bits per heavy atom. The largest absolute Gasteiger partial charge is 0.391 e. The fourth-order valence-electron chi connectivity index (χ4n) is 2.82. The van der Waals surface area contributed by atoms with Crippen molar-refractivity contribution < 1.29 is 23.4 Å². The molecule has 0 spiro atoms. The molecule has 7 heteroatoms. The monoisotopic (exact) mass is 342 g/mol. The molecule has 1 fully saturated rings. The highest BCUT2D eigenvalue weighted by Gasteiger charge is 2.22. The van der Waals surface area contributed by atoms with Gasteiger partial charge >= 0.3 is 6.03 Å². The number of rotatable bonds is 6. The number of halogens is 2. The molecule has 0 saturated carbocycles. The molecule has 2 rings (SSSR count). The molecule has 1 aliphatic heterocycles. The minimum atomic E-state index is -0.626. The Labute approximate surface area is 140 Å². The first kappa shape index (κ1) is 18.6. The summed E-state index contributed by atoms with van der Waals surface area (Å²) in [5.41, 5.74) is -0.0486. The van der Waals surface area contributed by atoms with Crippen LogP contribution in [-0.2, 0) is 11.2 Å². The van der Waals surface area contributed by atoms with Crippen LogP contribution in [0.25, 0.3) is 0 Å². The van der Waals surface area contributed by atoms with Gasteiger partial charge in [-0.25, -0.2) is 13.6 Å². The van der Waals surface area contributed by atoms with E-state index < -0.39 is 29.8 Å². The van der Waals surface area contributed by atoms with Crippen LogP contribution in [-0.4, -0.2) is 43.0 Å². The number of amides is 2. The molecule has 0 unspecified atom stereocenters. The maximum absolute atomic E-state index is 13.6. The first-order valence-electron chi connectivity index (χ1n) is 8.20. The molecular formula is C17H24F2N2O3. The Hall–Kier alpha value is -1.73. The molecule has 1 heterocycles. The summed E-state index contributed by atoms with van der Waals surface area (Å²) in [4.78, 5) is 11.9. The molecule has 1 aliphatic rings. The van der Waals surface area contributed by atoms with Gasteiger partial charge in [0.05, 0.1) is 6.10 Å². The number of carbonyl (C=O) groups is 1. The van der Waals surface area contributed by atoms with Crippen molar-refractivity contribution in [1.82, 2.24) is 10.6 Å². The number of hydrogen-bond acceptors (Lipinski definition) is 3. The van der Waals surface area contributed by atoms with E-state index in [9.17, 15) is 18.7 Å². The summed E-state index contributed by atoms with van der Waals surface area (Å²) in [5.74, 6) is -1.14. The SMILES string of the molecule is C[C@@H](Cc1c(F)cccc1F)NC(=O)NC[C@@H](O)C1CCOCC1. The summed E-state index contributed by atoms with van der Waals surface area (Å²) >= 11 is 0. The van der Waals surface area contributed by atoms with Crippen LogP contribution in [0.5, 0.6) is 0 Å². The lowest BCUT2D eigenvalue weighted by molar-refractivity contribution is 0.00949. The summed E-state index contributed by atoms with van der Waals surface area (Å²) < 4.78 is 32.4. The van der Waals surface area contributed by atoms with Crippen molar-refractivity contribution in [2.75, 3.05) is 19.8 Å². The van der Waals surface area contributed by atoms with E-state index in [-0.39, 0.29) is 24.4 Å². The Morgan fingerprint density at radius 3 is 2.58 bits per heavy atom. The van der Waals surface area contributed by atoms with Gasteiger partial charge in [0.25, 0.3) is 0 Å². The maximum atomic E-state index is 13.6. The Balaban J connectivity index is 1.75. The highest BCUT2D eigenvalue weighted by Crippen LogP contribution is 2.18. The van der Waals surface area contributed by atoms with E-state index >= 15 is 0 Å². The number of nitrogens with one attached hydrogen (secondary N) is 2. The van der Waals surface area contributed by atoms with E-state index in [0.717, 1.165) is 12.8 Å². The first-order chi connectivity index (χ1) is 11.5. The van der Waals surface area contributed by atoms with Crippen LogP contribution in [0.2, 0.25) is 0 Å². The molecule has 1 aromatic carbocycles. The zero-order valence-electron chi connectivity index (χ0n) is 13.7. The number of ether oxygens (including phenoxy) is 1. The summed E-state index contributed by atoms with van der Waals surface area (Å²) in [6.45, 7) is 3.05. The first-order valence-corrected chi connectivity index (χ1v) is 8.20. The third kappa shape index (κ3) is 5.42. The summed E-state index contributed by atoms with van der Waals surface area (Å²) in [5, 5.41) is 15.3. The van der Waals surface area contributed by atoms with Crippen molar-refractivity contribution in [3.05, 3.63) is 35.4 Å². The highest BCUT2D eigenvalue weighted by molar-refractivity contribution is 5.74. The number of aliphatic hydroxyl groups excluding tert-OH is 1. The van der Waals surface area contributed by atoms with Crippen molar-refractivity contribution >= 4 is 6.03 Å². The molecule has 0 bridgehead atoms. The quantitative estimate of drug-likeness (QED) is 0.740. The van der Waals surface area contributed by atoms with Crippen LogP contribution in [0.3, 0.4) is 0 Å². The Kier molecular flexibility index (Phi) is 6.93. The maximum Gasteiger partial charge on any atom is 0.315 e. The predicted octanol–water partition coefficient (Wildman–Crippen LogP) is 1.98. The molecular weight excluding hydrogens is 318 g/mol. The molecule has 3 N–H and O–H groups in total. The van der Waals surface area contributed by atoms with Gasteiger partial charge in [0.2, 0.25) is 0 Å². The molecule has 24 heavy (non-hydrogen) atoms. The second-order valence-corrected chi connectivity index (χ2v) is 6.18. The van der Waals surface area contributed by atoms with Gasteiger partial charge in [-0.1, -0.05) is 6.07 Å². The van der Waals surface area contributed by atoms with E-state index in [1.165, 1.54) is 18.2 Å². The van der Waals surface area contributed by atoms with E-state index in [1.807, 2.05) is 0 Å². The van der Waals surface area contributed by atoms with Crippen molar-refractivity contribution in [2.45, 2.75) is 38.3 Å². The molecule has 2 amide bonds. The normalized spacial score (nSPS) is 18.0. The van der Waals surface area contributed by atoms with Crippen LogP contribution < -0.4 is 10.6 Å². The molecule has 2 atom stereocenters. The third-order valence-electron chi connectivity index (χ3n) is 4.23. The lowest BCUT2D eigenvalue weighted by Crippen LogP contribution is -2.46. The molecule has 134 valence electrons. The zero-order valence-corrected chi connectivity index (χ0v) is 13.7. The van der Waals surface area contributed by atoms with Gasteiger partial charge in [-0.2, -0.15) is 0 Å². The average Bonchev–Trinajstić information content (AvgIpc) is 2.57. The molecule has 1 aromatic rings. The second kappa shape index (κ2) is 8.94. The summed E-state index contributed by atoms with van der Waals surface area (Å²) in [7, 11) is 0. The van der Waals surface area contributed by atoms with Crippen LogP contribution in [0.15, 0.2) is 18.2 Å². The highest BCUT2D eigenvalue weighted by atomic mass is 19.1.